The molecule has 1 aliphatic carbocycles. The molecule has 0 bridgehead atoms. The smallest absolute Gasteiger partial charge is 0.123 e. The highest BCUT2D eigenvalue weighted by molar-refractivity contribution is 5.21. The maximum atomic E-state index is 13.2. The summed E-state index contributed by atoms with van der Waals surface area (Å²) in [6.45, 7) is 2.69. The third-order valence-electron chi connectivity index (χ3n) is 4.42. The minimum atomic E-state index is -0.661. The Hall–Kier alpha value is -0.930. The summed E-state index contributed by atoms with van der Waals surface area (Å²) in [7, 11) is 0. The Morgan fingerprint density at radius 1 is 1.44 bits per heavy atom. The second-order valence-corrected chi connectivity index (χ2v) is 5.71. The lowest BCUT2D eigenvalue weighted by atomic mass is 9.66. The molecule has 1 unspecified atom stereocenters. The van der Waals surface area contributed by atoms with Gasteiger partial charge in [0.05, 0.1) is 6.10 Å². The summed E-state index contributed by atoms with van der Waals surface area (Å²) in [6.07, 6.45) is 3.35. The van der Waals surface area contributed by atoms with Crippen molar-refractivity contribution in [1.29, 1.82) is 0 Å². The Balaban J connectivity index is 2.22. The molecule has 0 spiro atoms. The number of rotatable bonds is 3. The molecule has 2 nitrogen and oxygen atoms in total. The normalized spacial score (nSPS) is 30.1. The molecule has 3 heteroatoms. The van der Waals surface area contributed by atoms with Crippen molar-refractivity contribution in [3.63, 3.8) is 0 Å². The predicted octanol–water partition coefficient (Wildman–Crippen LogP) is 3.01. The molecule has 0 saturated heterocycles. The van der Waals surface area contributed by atoms with Crippen molar-refractivity contribution in [3.05, 3.63) is 35.6 Å². The van der Waals surface area contributed by atoms with Crippen molar-refractivity contribution in [2.45, 2.75) is 38.7 Å². The molecule has 0 heterocycles. The van der Waals surface area contributed by atoms with E-state index in [1.54, 1.807) is 12.1 Å². The Morgan fingerprint density at radius 2 is 2.11 bits per heavy atom. The van der Waals surface area contributed by atoms with E-state index in [2.05, 4.69) is 6.92 Å². The maximum absolute atomic E-state index is 13.2. The summed E-state index contributed by atoms with van der Waals surface area (Å²) in [4.78, 5) is 0. The SMILES string of the molecule is CC1CCC(CN)(C(O)c2cccc(F)c2)CC1. The summed E-state index contributed by atoms with van der Waals surface area (Å²) in [5, 5.41) is 10.6. The van der Waals surface area contributed by atoms with Gasteiger partial charge in [0.2, 0.25) is 0 Å². The monoisotopic (exact) mass is 251 g/mol. The standard InChI is InChI=1S/C15H22FNO/c1-11-5-7-15(10-17,8-6-11)14(18)12-3-2-4-13(16)9-12/h2-4,9,11,14,18H,5-8,10,17H2,1H3. The highest BCUT2D eigenvalue weighted by Gasteiger charge is 2.40. The number of aliphatic hydroxyl groups excluding tert-OH is 1. The van der Waals surface area contributed by atoms with Gasteiger partial charge >= 0.3 is 0 Å². The molecule has 1 atom stereocenters. The lowest BCUT2D eigenvalue weighted by molar-refractivity contribution is -0.00834. The molecule has 0 aromatic heterocycles. The van der Waals surface area contributed by atoms with Crippen LogP contribution in [0.3, 0.4) is 0 Å². The third-order valence-corrected chi connectivity index (χ3v) is 4.42. The van der Waals surface area contributed by atoms with Crippen molar-refractivity contribution < 1.29 is 9.50 Å². The summed E-state index contributed by atoms with van der Waals surface area (Å²) < 4.78 is 13.2. The van der Waals surface area contributed by atoms with Crippen molar-refractivity contribution in [2.24, 2.45) is 17.1 Å². The molecule has 2 rings (SSSR count). The molecule has 0 radical (unpaired) electrons. The van der Waals surface area contributed by atoms with Gasteiger partial charge in [0.1, 0.15) is 5.82 Å². The average Bonchev–Trinajstić information content (AvgIpc) is 2.39. The highest BCUT2D eigenvalue weighted by atomic mass is 19.1. The zero-order valence-electron chi connectivity index (χ0n) is 10.9. The van der Waals surface area contributed by atoms with Crippen LogP contribution in [0.25, 0.3) is 0 Å². The number of benzene rings is 1. The fourth-order valence-electron chi connectivity index (χ4n) is 2.96. The van der Waals surface area contributed by atoms with E-state index in [1.807, 2.05) is 0 Å². The van der Waals surface area contributed by atoms with Crippen LogP contribution >= 0.6 is 0 Å². The second-order valence-electron chi connectivity index (χ2n) is 5.71. The summed E-state index contributed by atoms with van der Waals surface area (Å²) >= 11 is 0. The minimum Gasteiger partial charge on any atom is -0.388 e. The number of hydrogen-bond donors (Lipinski definition) is 2. The van der Waals surface area contributed by atoms with Crippen molar-refractivity contribution in [2.75, 3.05) is 6.54 Å². The molecular weight excluding hydrogens is 229 g/mol. The summed E-state index contributed by atoms with van der Waals surface area (Å²) in [5.74, 6) is 0.396. The molecule has 1 aromatic rings. The molecule has 18 heavy (non-hydrogen) atoms. The Kier molecular flexibility index (Phi) is 4.03. The molecule has 1 fully saturated rings. The Bertz CT molecular complexity index is 399. The largest absolute Gasteiger partial charge is 0.388 e. The fourth-order valence-corrected chi connectivity index (χ4v) is 2.96. The van der Waals surface area contributed by atoms with Gasteiger partial charge in [-0.3, -0.25) is 0 Å². The van der Waals surface area contributed by atoms with Crippen LogP contribution in [0, 0.1) is 17.2 Å². The van der Waals surface area contributed by atoms with Crippen molar-refractivity contribution in [1.82, 2.24) is 0 Å². The number of aliphatic hydroxyl groups is 1. The van der Waals surface area contributed by atoms with E-state index in [4.69, 9.17) is 5.73 Å². The first-order chi connectivity index (χ1) is 8.57. The Morgan fingerprint density at radius 3 is 2.67 bits per heavy atom. The summed E-state index contributed by atoms with van der Waals surface area (Å²) in [5.41, 5.74) is 6.28. The van der Waals surface area contributed by atoms with Gasteiger partial charge in [0.15, 0.2) is 0 Å². The van der Waals surface area contributed by atoms with Crippen LogP contribution in [0.4, 0.5) is 4.39 Å². The van der Waals surface area contributed by atoms with Gasteiger partial charge in [0.25, 0.3) is 0 Å². The van der Waals surface area contributed by atoms with Crippen LogP contribution in [-0.2, 0) is 0 Å². The zero-order valence-corrected chi connectivity index (χ0v) is 10.9. The van der Waals surface area contributed by atoms with E-state index in [9.17, 15) is 9.50 Å². The molecule has 1 aliphatic rings. The van der Waals surface area contributed by atoms with Crippen LogP contribution in [0.1, 0.15) is 44.3 Å². The van der Waals surface area contributed by atoms with E-state index in [-0.39, 0.29) is 11.2 Å². The molecular formula is C15H22FNO. The van der Waals surface area contributed by atoms with Crippen LogP contribution in [0.5, 0.6) is 0 Å². The first-order valence-corrected chi connectivity index (χ1v) is 6.71. The topological polar surface area (TPSA) is 46.2 Å². The first kappa shape index (κ1) is 13.5. The van der Waals surface area contributed by atoms with Crippen LogP contribution in [0.2, 0.25) is 0 Å². The molecule has 0 aliphatic heterocycles. The second kappa shape index (κ2) is 5.37. The first-order valence-electron chi connectivity index (χ1n) is 6.71. The van der Waals surface area contributed by atoms with Gasteiger partial charge in [-0.15, -0.1) is 0 Å². The zero-order chi connectivity index (χ0) is 13.2. The number of halogens is 1. The Labute approximate surface area is 108 Å². The lowest BCUT2D eigenvalue weighted by Gasteiger charge is -2.42. The van der Waals surface area contributed by atoms with Gasteiger partial charge in [-0.25, -0.2) is 4.39 Å². The van der Waals surface area contributed by atoms with E-state index in [0.717, 1.165) is 25.7 Å². The van der Waals surface area contributed by atoms with E-state index < -0.39 is 6.10 Å². The van der Waals surface area contributed by atoms with Gasteiger partial charge < -0.3 is 10.8 Å². The predicted molar refractivity (Wildman–Crippen MR) is 70.5 cm³/mol. The van der Waals surface area contributed by atoms with Gasteiger partial charge in [-0.1, -0.05) is 31.9 Å². The molecule has 3 N–H and O–H groups in total. The average molecular weight is 251 g/mol. The molecule has 1 aromatic carbocycles. The van der Waals surface area contributed by atoms with Crippen molar-refractivity contribution in [3.8, 4) is 0 Å². The van der Waals surface area contributed by atoms with Gasteiger partial charge in [-0.2, -0.15) is 0 Å². The van der Waals surface area contributed by atoms with Crippen LogP contribution in [-0.4, -0.2) is 11.7 Å². The molecule has 1 saturated carbocycles. The van der Waals surface area contributed by atoms with Gasteiger partial charge in [-0.05, 0) is 36.5 Å². The van der Waals surface area contributed by atoms with Crippen LogP contribution < -0.4 is 5.73 Å². The van der Waals surface area contributed by atoms with Gasteiger partial charge in [0, 0.05) is 12.0 Å². The molecule has 100 valence electrons. The van der Waals surface area contributed by atoms with Crippen LogP contribution in [0.15, 0.2) is 24.3 Å². The quantitative estimate of drug-likeness (QED) is 0.867. The fraction of sp³-hybridized carbons (Fsp3) is 0.600. The number of nitrogens with two attached hydrogens (primary N) is 1. The summed E-state index contributed by atoms with van der Waals surface area (Å²) in [6, 6.07) is 6.24. The van der Waals surface area contributed by atoms with E-state index >= 15 is 0 Å². The van der Waals surface area contributed by atoms with E-state index in [1.165, 1.54) is 12.1 Å². The number of hydrogen-bond acceptors (Lipinski definition) is 2. The van der Waals surface area contributed by atoms with Crippen molar-refractivity contribution >= 4 is 0 Å². The maximum Gasteiger partial charge on any atom is 0.123 e. The minimum absolute atomic E-state index is 0.277. The lowest BCUT2D eigenvalue weighted by Crippen LogP contribution is -2.40. The highest BCUT2D eigenvalue weighted by Crippen LogP contribution is 2.46. The third kappa shape index (κ3) is 2.57. The molecule has 0 amide bonds. The van der Waals surface area contributed by atoms with E-state index in [0.29, 0.717) is 18.0 Å².